The molecule has 0 aromatic carbocycles. The van der Waals surface area contributed by atoms with E-state index in [9.17, 15) is 9.90 Å². The Bertz CT molecular complexity index is 555. The monoisotopic (exact) mass is 229 g/mol. The van der Waals surface area contributed by atoms with Crippen LogP contribution in [0.15, 0.2) is 36.9 Å². The first-order chi connectivity index (χ1) is 8.15. The first-order valence-electron chi connectivity index (χ1n) is 5.02. The van der Waals surface area contributed by atoms with Gasteiger partial charge in [0.05, 0.1) is 23.6 Å². The van der Waals surface area contributed by atoms with E-state index >= 15 is 0 Å². The predicted molar refractivity (Wildman–Crippen MR) is 62.8 cm³/mol. The van der Waals surface area contributed by atoms with Gasteiger partial charge in [-0.15, -0.1) is 0 Å². The Kier molecular flexibility index (Phi) is 3.00. The molecule has 0 aliphatic rings. The zero-order chi connectivity index (χ0) is 12.3. The predicted octanol–water partition coefficient (Wildman–Crippen LogP) is 1.74. The average Bonchev–Trinajstić information content (AvgIpc) is 2.29. The topological polar surface area (TPSA) is 75.1 Å². The first-order valence-corrected chi connectivity index (χ1v) is 5.02. The van der Waals surface area contributed by atoms with E-state index < -0.39 is 0 Å². The van der Waals surface area contributed by atoms with E-state index in [1.54, 1.807) is 18.5 Å². The van der Waals surface area contributed by atoms with E-state index in [-0.39, 0.29) is 11.7 Å². The minimum atomic E-state index is -0.333. The Morgan fingerprint density at radius 2 is 1.94 bits per heavy atom. The maximum absolute atomic E-state index is 11.8. The highest BCUT2D eigenvalue weighted by Gasteiger charge is 2.07. The summed E-state index contributed by atoms with van der Waals surface area (Å²) in [5.41, 5.74) is 1.86. The molecule has 2 aromatic rings. The Morgan fingerprint density at radius 1 is 1.18 bits per heavy atom. The van der Waals surface area contributed by atoms with Crippen molar-refractivity contribution in [1.82, 2.24) is 9.97 Å². The largest absolute Gasteiger partial charge is 0.506 e. The van der Waals surface area contributed by atoms with Crippen LogP contribution in [0.2, 0.25) is 0 Å². The number of rotatable bonds is 2. The lowest BCUT2D eigenvalue weighted by Crippen LogP contribution is -2.12. The minimum absolute atomic E-state index is 0.0417. The second-order valence-corrected chi connectivity index (χ2v) is 3.64. The molecule has 1 amide bonds. The number of nitrogens with one attached hydrogen (secondary N) is 1. The zero-order valence-electron chi connectivity index (χ0n) is 9.21. The molecule has 0 unspecified atom stereocenters. The van der Waals surface area contributed by atoms with Gasteiger partial charge in [-0.3, -0.25) is 14.8 Å². The Morgan fingerprint density at radius 3 is 2.65 bits per heavy atom. The normalized spacial score (nSPS) is 9.94. The maximum atomic E-state index is 11.8. The molecule has 0 saturated carbocycles. The van der Waals surface area contributed by atoms with E-state index in [0.29, 0.717) is 11.3 Å². The third kappa shape index (κ3) is 2.78. The van der Waals surface area contributed by atoms with Crippen molar-refractivity contribution in [2.45, 2.75) is 6.92 Å². The number of anilines is 1. The van der Waals surface area contributed by atoms with Crippen molar-refractivity contribution in [2.75, 3.05) is 5.32 Å². The summed E-state index contributed by atoms with van der Waals surface area (Å²) >= 11 is 0. The molecular weight excluding hydrogens is 218 g/mol. The number of aromatic hydroxyl groups is 1. The zero-order valence-corrected chi connectivity index (χ0v) is 9.21. The van der Waals surface area contributed by atoms with E-state index in [4.69, 9.17) is 0 Å². The summed E-state index contributed by atoms with van der Waals surface area (Å²) in [6.45, 7) is 1.89. The Labute approximate surface area is 98.2 Å². The van der Waals surface area contributed by atoms with Crippen molar-refractivity contribution in [2.24, 2.45) is 0 Å². The van der Waals surface area contributed by atoms with Crippen molar-refractivity contribution in [3.05, 3.63) is 48.0 Å². The van der Waals surface area contributed by atoms with Crippen LogP contribution in [0.3, 0.4) is 0 Å². The molecule has 2 heterocycles. The minimum Gasteiger partial charge on any atom is -0.506 e. The van der Waals surface area contributed by atoms with Crippen LogP contribution in [0.25, 0.3) is 0 Å². The van der Waals surface area contributed by atoms with Gasteiger partial charge in [0.1, 0.15) is 5.75 Å². The molecule has 0 aliphatic heterocycles. The van der Waals surface area contributed by atoms with Gasteiger partial charge in [0, 0.05) is 12.4 Å². The molecule has 2 N–H and O–H groups in total. The quantitative estimate of drug-likeness (QED) is 0.822. The first kappa shape index (κ1) is 11.1. The average molecular weight is 229 g/mol. The molecule has 0 radical (unpaired) electrons. The van der Waals surface area contributed by atoms with Crippen molar-refractivity contribution >= 4 is 11.6 Å². The van der Waals surface area contributed by atoms with E-state index in [1.807, 2.05) is 6.92 Å². The third-order valence-corrected chi connectivity index (χ3v) is 2.12. The van der Waals surface area contributed by atoms with Crippen LogP contribution in [-0.2, 0) is 0 Å². The van der Waals surface area contributed by atoms with Gasteiger partial charge in [-0.1, -0.05) is 0 Å². The van der Waals surface area contributed by atoms with Gasteiger partial charge in [-0.05, 0) is 24.6 Å². The van der Waals surface area contributed by atoms with Gasteiger partial charge >= 0.3 is 0 Å². The number of carbonyl (C=O) groups is 1. The molecule has 0 spiro atoms. The van der Waals surface area contributed by atoms with Gasteiger partial charge in [-0.2, -0.15) is 0 Å². The van der Waals surface area contributed by atoms with Crippen LogP contribution in [0.4, 0.5) is 5.69 Å². The van der Waals surface area contributed by atoms with Crippen LogP contribution in [0, 0.1) is 6.92 Å². The standard InChI is InChI=1S/C12H11N3O2/c1-8-2-10(6-13-4-8)15-12(17)9-3-11(16)7-14-5-9/h2-7,16H,1H3,(H,15,17). The highest BCUT2D eigenvalue weighted by Crippen LogP contribution is 2.12. The number of hydrogen-bond acceptors (Lipinski definition) is 4. The second-order valence-electron chi connectivity index (χ2n) is 3.64. The molecule has 0 atom stereocenters. The summed E-state index contributed by atoms with van der Waals surface area (Å²) in [5.74, 6) is -0.374. The number of aromatic nitrogens is 2. The van der Waals surface area contributed by atoms with Gasteiger partial charge in [0.25, 0.3) is 5.91 Å². The summed E-state index contributed by atoms with van der Waals surface area (Å²) in [4.78, 5) is 19.5. The molecule has 2 rings (SSSR count). The fourth-order valence-corrected chi connectivity index (χ4v) is 1.38. The third-order valence-electron chi connectivity index (χ3n) is 2.12. The van der Waals surface area contributed by atoms with Gasteiger partial charge in [-0.25, -0.2) is 0 Å². The van der Waals surface area contributed by atoms with E-state index in [2.05, 4.69) is 15.3 Å². The summed E-state index contributed by atoms with van der Waals surface area (Å²) < 4.78 is 0. The van der Waals surface area contributed by atoms with Crippen molar-refractivity contribution in [3.63, 3.8) is 0 Å². The Balaban J connectivity index is 2.17. The smallest absolute Gasteiger partial charge is 0.257 e. The maximum Gasteiger partial charge on any atom is 0.257 e. The molecule has 0 bridgehead atoms. The van der Waals surface area contributed by atoms with Crippen molar-refractivity contribution in [3.8, 4) is 5.75 Å². The highest BCUT2D eigenvalue weighted by molar-refractivity contribution is 6.04. The summed E-state index contributed by atoms with van der Waals surface area (Å²) in [7, 11) is 0. The van der Waals surface area contributed by atoms with Crippen LogP contribution in [0.1, 0.15) is 15.9 Å². The molecule has 0 saturated heterocycles. The summed E-state index contributed by atoms with van der Waals surface area (Å²) in [5, 5.41) is 11.9. The number of pyridine rings is 2. The molecule has 0 fully saturated rings. The SMILES string of the molecule is Cc1cncc(NC(=O)c2cncc(O)c2)c1. The van der Waals surface area contributed by atoms with Gasteiger partial charge in [0.2, 0.25) is 0 Å². The van der Waals surface area contributed by atoms with Crippen LogP contribution < -0.4 is 5.32 Å². The molecular formula is C12H11N3O2. The molecule has 2 aromatic heterocycles. The van der Waals surface area contributed by atoms with Crippen LogP contribution in [0.5, 0.6) is 5.75 Å². The number of carbonyl (C=O) groups excluding carboxylic acids is 1. The lowest BCUT2D eigenvalue weighted by molar-refractivity contribution is 0.102. The molecule has 5 heteroatoms. The molecule has 17 heavy (non-hydrogen) atoms. The fourth-order valence-electron chi connectivity index (χ4n) is 1.38. The summed E-state index contributed by atoms with van der Waals surface area (Å²) in [6.07, 6.45) is 5.91. The fraction of sp³-hybridized carbons (Fsp3) is 0.0833. The second kappa shape index (κ2) is 4.61. The van der Waals surface area contributed by atoms with Crippen molar-refractivity contribution < 1.29 is 9.90 Å². The van der Waals surface area contributed by atoms with E-state index in [1.165, 1.54) is 18.5 Å². The number of hydrogen-bond donors (Lipinski definition) is 2. The van der Waals surface area contributed by atoms with Crippen LogP contribution >= 0.6 is 0 Å². The highest BCUT2D eigenvalue weighted by atomic mass is 16.3. The molecule has 5 nitrogen and oxygen atoms in total. The summed E-state index contributed by atoms with van der Waals surface area (Å²) in [6, 6.07) is 3.16. The number of aryl methyl sites for hydroxylation is 1. The van der Waals surface area contributed by atoms with Gasteiger partial charge < -0.3 is 10.4 Å². The van der Waals surface area contributed by atoms with E-state index in [0.717, 1.165) is 5.56 Å². The lowest BCUT2D eigenvalue weighted by Gasteiger charge is -2.05. The van der Waals surface area contributed by atoms with Crippen molar-refractivity contribution in [1.29, 1.82) is 0 Å². The molecule has 0 aliphatic carbocycles. The van der Waals surface area contributed by atoms with Gasteiger partial charge in [0.15, 0.2) is 0 Å². The number of amides is 1. The molecule has 86 valence electrons. The lowest BCUT2D eigenvalue weighted by atomic mass is 10.2. The van der Waals surface area contributed by atoms with Crippen LogP contribution in [-0.4, -0.2) is 21.0 Å². The Hall–Kier alpha value is -2.43. The number of nitrogens with zero attached hydrogens (tertiary/aromatic N) is 2.